The van der Waals surface area contributed by atoms with Gasteiger partial charge in [-0.3, -0.25) is 0 Å². The van der Waals surface area contributed by atoms with E-state index in [1.807, 2.05) is 0 Å². The lowest BCUT2D eigenvalue weighted by Crippen LogP contribution is -2.18. The molecule has 0 bridgehead atoms. The van der Waals surface area contributed by atoms with Crippen LogP contribution in [0.1, 0.15) is 206 Å². The van der Waals surface area contributed by atoms with E-state index < -0.39 is 5.41 Å². The molecule has 4 nitrogen and oxygen atoms in total. The smallest absolute Gasteiger partial charge is 0.0620 e. The Hall–Kier alpha value is -9.64. The fraction of sp³-hybridized carbons (Fsp3) is 0.292. The van der Waals surface area contributed by atoms with E-state index in [-0.39, 0.29) is 21.7 Å². The maximum Gasteiger partial charge on any atom is 0.0620 e. The van der Waals surface area contributed by atoms with Gasteiger partial charge in [0.15, 0.2) is 0 Å². The predicted molar refractivity (Wildman–Crippen MR) is 435 cm³/mol. The predicted octanol–water partition coefficient (Wildman–Crippen LogP) is 28.7. The summed E-state index contributed by atoms with van der Waals surface area (Å²) in [7, 11) is 0. The Morgan fingerprint density at radius 2 is 0.510 bits per heavy atom. The van der Waals surface area contributed by atoms with Crippen LogP contribution in [0.15, 0.2) is 249 Å². The monoisotopic (exact) mass is 1310 g/mol. The third-order valence-electron chi connectivity index (χ3n) is 21.2. The van der Waals surface area contributed by atoms with Crippen LogP contribution in [0.25, 0.3) is 32.7 Å². The quantitative estimate of drug-likeness (QED) is 0.0749. The van der Waals surface area contributed by atoms with Crippen molar-refractivity contribution >= 4 is 89.8 Å². The molecule has 100 heavy (non-hydrogen) atoms. The number of hydrogen-bond acceptors (Lipinski definition) is 4. The highest BCUT2D eigenvalue weighted by molar-refractivity contribution is 6.25. The number of fused-ring (bicyclic) bond motifs is 5. The molecular weight excluding hydrogens is 1210 g/mol. The van der Waals surface area contributed by atoms with Crippen molar-refractivity contribution in [3.63, 3.8) is 0 Å². The summed E-state index contributed by atoms with van der Waals surface area (Å²) in [6.07, 6.45) is 0. The van der Waals surface area contributed by atoms with Crippen molar-refractivity contribution in [1.29, 1.82) is 0 Å². The molecular formula is C96H104N4. The Morgan fingerprint density at radius 1 is 0.240 bits per heavy atom. The van der Waals surface area contributed by atoms with E-state index in [4.69, 9.17) is 0 Å². The zero-order valence-corrected chi connectivity index (χ0v) is 63.2. The van der Waals surface area contributed by atoms with E-state index >= 15 is 0 Å². The highest BCUT2D eigenvalue weighted by Crippen LogP contribution is 2.58. The Morgan fingerprint density at radius 3 is 0.860 bits per heavy atom. The first-order valence-corrected chi connectivity index (χ1v) is 36.6. The molecule has 1 aliphatic rings. The zero-order chi connectivity index (χ0) is 71.1. The second-order valence-corrected chi connectivity index (χ2v) is 33.8. The minimum atomic E-state index is -0.426. The van der Waals surface area contributed by atoms with E-state index in [0.29, 0.717) is 17.8 Å². The van der Waals surface area contributed by atoms with Gasteiger partial charge in [-0.25, -0.2) is 0 Å². The Kier molecular flexibility index (Phi) is 18.0. The molecule has 0 unspecified atom stereocenters. The molecule has 12 aromatic rings. The van der Waals surface area contributed by atoms with Crippen LogP contribution in [-0.4, -0.2) is 0 Å². The lowest BCUT2D eigenvalue weighted by atomic mass is 9.81. The minimum absolute atomic E-state index is 0.0207. The fourth-order valence-electron chi connectivity index (χ4n) is 14.9. The van der Waals surface area contributed by atoms with Crippen LogP contribution in [0, 0.1) is 0 Å². The van der Waals surface area contributed by atoms with E-state index in [1.165, 1.54) is 66.6 Å². The number of nitrogens with zero attached hydrogens (tertiary/aromatic N) is 4. The summed E-state index contributed by atoms with van der Waals surface area (Å²) in [6, 6.07) is 96.2. The van der Waals surface area contributed by atoms with Crippen molar-refractivity contribution in [3.05, 3.63) is 299 Å². The van der Waals surface area contributed by atoms with Gasteiger partial charge in [0.2, 0.25) is 0 Å². The van der Waals surface area contributed by atoms with Gasteiger partial charge in [-0.15, -0.1) is 0 Å². The molecule has 0 amide bonds. The zero-order valence-electron chi connectivity index (χ0n) is 63.2. The van der Waals surface area contributed by atoms with E-state index in [9.17, 15) is 0 Å². The molecule has 0 radical (unpaired) electrons. The number of anilines is 12. The van der Waals surface area contributed by atoms with Crippen molar-refractivity contribution < 1.29 is 0 Å². The number of hydrogen-bond donors (Lipinski definition) is 0. The topological polar surface area (TPSA) is 13.0 Å². The summed E-state index contributed by atoms with van der Waals surface area (Å²) in [6.45, 7) is 46.3. The van der Waals surface area contributed by atoms with Crippen LogP contribution >= 0.6 is 0 Å². The van der Waals surface area contributed by atoms with Gasteiger partial charge in [0.05, 0.1) is 11.4 Å². The Labute approximate surface area is 599 Å². The van der Waals surface area contributed by atoms with Gasteiger partial charge in [-0.05, 0) is 234 Å². The minimum Gasteiger partial charge on any atom is -0.310 e. The Balaban J connectivity index is 1.19. The van der Waals surface area contributed by atoms with E-state index in [1.54, 1.807) is 0 Å². The fourth-order valence-corrected chi connectivity index (χ4v) is 14.9. The third-order valence-corrected chi connectivity index (χ3v) is 21.2. The van der Waals surface area contributed by atoms with Crippen LogP contribution in [0.5, 0.6) is 0 Å². The normalized spacial score (nSPS) is 13.2. The summed E-state index contributed by atoms with van der Waals surface area (Å²) in [5.41, 5.74) is 26.9. The molecule has 508 valence electrons. The first-order chi connectivity index (χ1) is 47.3. The van der Waals surface area contributed by atoms with Gasteiger partial charge in [-0.2, -0.15) is 0 Å². The molecule has 0 saturated heterocycles. The van der Waals surface area contributed by atoms with Gasteiger partial charge in [0.1, 0.15) is 0 Å². The van der Waals surface area contributed by atoms with Crippen molar-refractivity contribution in [2.75, 3.05) is 19.6 Å². The summed E-state index contributed by atoms with van der Waals surface area (Å²) in [4.78, 5) is 10.1. The maximum absolute atomic E-state index is 2.61. The summed E-state index contributed by atoms with van der Waals surface area (Å²) >= 11 is 0. The second-order valence-electron chi connectivity index (χ2n) is 33.8. The lowest BCUT2D eigenvalue weighted by Gasteiger charge is -2.35. The van der Waals surface area contributed by atoms with Gasteiger partial charge < -0.3 is 19.6 Å². The summed E-state index contributed by atoms with van der Waals surface area (Å²) in [5.74, 6) is 1.10. The molecule has 0 fully saturated rings. The van der Waals surface area contributed by atoms with Crippen LogP contribution in [0.2, 0.25) is 0 Å². The van der Waals surface area contributed by atoms with Gasteiger partial charge >= 0.3 is 0 Å². The van der Waals surface area contributed by atoms with Crippen molar-refractivity contribution in [2.45, 2.75) is 183 Å². The highest BCUT2D eigenvalue weighted by Gasteiger charge is 2.39. The van der Waals surface area contributed by atoms with Crippen LogP contribution < -0.4 is 19.6 Å². The molecule has 12 aromatic carbocycles. The summed E-state index contributed by atoms with van der Waals surface area (Å²) in [5, 5.41) is 4.59. The lowest BCUT2D eigenvalue weighted by molar-refractivity contribution is 0.590. The molecule has 0 atom stereocenters. The molecule has 0 aliphatic heterocycles. The SMILES string of the molecule is CC(C)c1ccc(N(c2ccc(C(C)(C)C)cc2)c2ccc3c(N(c4ccc(C(C)C)cc4)c4ccc(C(C)(C)C)cc4)c4cc5c(cc4c(N(c4ccc(C(C)C)cc4)c4ccc(C(C)(C)C)cc4)c3c2)-c2ccc(N(c3ccccc3)c3ccc(C(C)(C)C)cc3)cc2C5(C)C)cc1. The van der Waals surface area contributed by atoms with Gasteiger partial charge in [-0.1, -0.05) is 254 Å². The maximum atomic E-state index is 2.61. The first kappa shape index (κ1) is 68.9. The summed E-state index contributed by atoms with van der Waals surface area (Å²) < 4.78 is 0. The van der Waals surface area contributed by atoms with Crippen LogP contribution in [0.4, 0.5) is 68.2 Å². The standard InChI is InChI=1S/C96H104N4/c1-62(2)65-26-40-73(41-27-65)98(75-48-34-69(35-49-75)93(10,11)12)80-55-57-83-85(58-80)91(100(77-44-30-67(31-45-77)64(5)6)79-52-38-71(39-53-79)95(16,17)18)86-60-84-82-56-54-81(97(72-24-22-21-23-25-72)74-46-32-68(33-47-74)92(7,8)9)59-88(82)96(19,20)89(84)61-87(86)90(83)99(76-42-28-66(29-43-76)63(3)4)78-50-36-70(37-51-78)94(13,14)15/h21-64H,1-20H3. The molecule has 0 heterocycles. The largest absolute Gasteiger partial charge is 0.310 e. The molecule has 13 rings (SSSR count). The highest BCUT2D eigenvalue weighted by atomic mass is 15.2. The molecule has 4 heteroatoms. The second kappa shape index (κ2) is 26.1. The Bertz CT molecular complexity index is 4910. The van der Waals surface area contributed by atoms with E-state index in [2.05, 4.69) is 407 Å². The van der Waals surface area contributed by atoms with E-state index in [0.717, 1.165) is 84.4 Å². The van der Waals surface area contributed by atoms with Crippen molar-refractivity contribution in [3.8, 4) is 11.1 Å². The first-order valence-electron chi connectivity index (χ1n) is 36.6. The molecule has 0 spiro atoms. The van der Waals surface area contributed by atoms with Crippen LogP contribution in [0.3, 0.4) is 0 Å². The van der Waals surface area contributed by atoms with Crippen molar-refractivity contribution in [1.82, 2.24) is 0 Å². The number of benzene rings is 12. The molecule has 0 aromatic heterocycles. The molecule has 0 saturated carbocycles. The van der Waals surface area contributed by atoms with Crippen molar-refractivity contribution in [2.24, 2.45) is 0 Å². The average Bonchev–Trinajstić information content (AvgIpc) is 1.34. The van der Waals surface area contributed by atoms with Gasteiger partial charge in [0, 0.05) is 83.8 Å². The molecule has 1 aliphatic carbocycles. The number of rotatable bonds is 15. The average molecular weight is 1310 g/mol. The molecule has 0 N–H and O–H groups in total. The number of para-hydroxylation sites is 1. The van der Waals surface area contributed by atoms with Gasteiger partial charge in [0.25, 0.3) is 0 Å². The third kappa shape index (κ3) is 13.2. The van der Waals surface area contributed by atoms with Crippen LogP contribution in [-0.2, 0) is 27.1 Å².